The molecule has 1 aromatic carbocycles. The smallest absolute Gasteiger partial charge is 0.142 e. The number of aromatic nitrogens is 4. The maximum absolute atomic E-state index is 4.80. The Kier molecular flexibility index (Phi) is 2.36. The molecular weight excluding hydrogens is 272 g/mol. The van der Waals surface area contributed by atoms with Crippen LogP contribution >= 0.6 is 0 Å². The van der Waals surface area contributed by atoms with Gasteiger partial charge in [-0.1, -0.05) is 24.3 Å². The van der Waals surface area contributed by atoms with Gasteiger partial charge in [-0.3, -0.25) is 4.98 Å². The maximum atomic E-state index is 4.80. The number of hydrogen-bond acceptors (Lipinski definition) is 3. The van der Waals surface area contributed by atoms with E-state index in [9.17, 15) is 0 Å². The Balaban J connectivity index is 1.69. The lowest BCUT2D eigenvalue weighted by Crippen LogP contribution is -2.02. The van der Waals surface area contributed by atoms with Gasteiger partial charge in [-0.2, -0.15) is 0 Å². The molecule has 1 atom stereocenters. The summed E-state index contributed by atoms with van der Waals surface area (Å²) >= 11 is 0. The molecule has 0 spiro atoms. The molecule has 1 aliphatic carbocycles. The highest BCUT2D eigenvalue weighted by Gasteiger charge is 2.26. The van der Waals surface area contributed by atoms with Crippen LogP contribution in [0.25, 0.3) is 21.9 Å². The second-order valence-corrected chi connectivity index (χ2v) is 5.83. The van der Waals surface area contributed by atoms with E-state index >= 15 is 0 Å². The SMILES string of the molecule is c1ccc2c(c1)CCC2c1ncc2c(n1)[nH]c1cnccc12. The minimum absolute atomic E-state index is 0.310. The van der Waals surface area contributed by atoms with Gasteiger partial charge in [0.15, 0.2) is 0 Å². The summed E-state index contributed by atoms with van der Waals surface area (Å²) < 4.78 is 0. The number of hydrogen-bond donors (Lipinski definition) is 1. The zero-order valence-corrected chi connectivity index (χ0v) is 12.0. The Labute approximate surface area is 127 Å². The average Bonchev–Trinajstić information content (AvgIpc) is 3.15. The molecular formula is C18H14N4. The van der Waals surface area contributed by atoms with Crippen molar-refractivity contribution >= 4 is 21.9 Å². The largest absolute Gasteiger partial charge is 0.338 e. The molecule has 106 valence electrons. The van der Waals surface area contributed by atoms with Crippen molar-refractivity contribution in [1.82, 2.24) is 19.9 Å². The summed E-state index contributed by atoms with van der Waals surface area (Å²) in [7, 11) is 0. The average molecular weight is 286 g/mol. The minimum Gasteiger partial charge on any atom is -0.338 e. The predicted molar refractivity (Wildman–Crippen MR) is 85.8 cm³/mol. The molecule has 5 rings (SSSR count). The molecule has 1 unspecified atom stereocenters. The van der Waals surface area contributed by atoms with Crippen LogP contribution in [-0.4, -0.2) is 19.9 Å². The Hall–Kier alpha value is -2.75. The van der Waals surface area contributed by atoms with Crippen molar-refractivity contribution in [1.29, 1.82) is 0 Å². The number of rotatable bonds is 1. The molecule has 3 heterocycles. The van der Waals surface area contributed by atoms with Gasteiger partial charge in [0.2, 0.25) is 0 Å². The van der Waals surface area contributed by atoms with Crippen molar-refractivity contribution in [2.24, 2.45) is 0 Å². The van der Waals surface area contributed by atoms with Crippen LogP contribution in [0.1, 0.15) is 29.3 Å². The molecule has 3 aromatic heterocycles. The molecule has 0 fully saturated rings. The van der Waals surface area contributed by atoms with Gasteiger partial charge >= 0.3 is 0 Å². The second kappa shape index (κ2) is 4.37. The molecule has 4 nitrogen and oxygen atoms in total. The summed E-state index contributed by atoms with van der Waals surface area (Å²) in [6.45, 7) is 0. The van der Waals surface area contributed by atoms with Crippen molar-refractivity contribution in [2.75, 3.05) is 0 Å². The van der Waals surface area contributed by atoms with Crippen molar-refractivity contribution in [2.45, 2.75) is 18.8 Å². The van der Waals surface area contributed by atoms with Gasteiger partial charge in [0.05, 0.1) is 11.7 Å². The van der Waals surface area contributed by atoms with Gasteiger partial charge in [-0.15, -0.1) is 0 Å². The number of aryl methyl sites for hydroxylation is 1. The van der Waals surface area contributed by atoms with Crippen molar-refractivity contribution in [3.8, 4) is 0 Å². The molecule has 4 aromatic rings. The van der Waals surface area contributed by atoms with Crippen LogP contribution in [0.2, 0.25) is 0 Å². The Morgan fingerprint density at radius 2 is 2.00 bits per heavy atom. The summed E-state index contributed by atoms with van der Waals surface area (Å²) in [5.41, 5.74) is 4.71. The Morgan fingerprint density at radius 3 is 3.00 bits per heavy atom. The second-order valence-electron chi connectivity index (χ2n) is 5.83. The first kappa shape index (κ1) is 11.9. The van der Waals surface area contributed by atoms with Gasteiger partial charge in [-0.25, -0.2) is 9.97 Å². The first-order valence-corrected chi connectivity index (χ1v) is 7.56. The topological polar surface area (TPSA) is 54.5 Å². The fourth-order valence-electron chi connectivity index (χ4n) is 3.54. The monoisotopic (exact) mass is 286 g/mol. The van der Waals surface area contributed by atoms with E-state index in [1.807, 2.05) is 18.5 Å². The third kappa shape index (κ3) is 1.61. The third-order valence-electron chi connectivity index (χ3n) is 4.62. The molecule has 1 N–H and O–H groups in total. The minimum atomic E-state index is 0.310. The van der Waals surface area contributed by atoms with E-state index in [-0.39, 0.29) is 0 Å². The molecule has 22 heavy (non-hydrogen) atoms. The highest BCUT2D eigenvalue weighted by Crippen LogP contribution is 2.37. The first-order valence-electron chi connectivity index (χ1n) is 7.56. The normalized spacial score (nSPS) is 17.2. The quantitative estimate of drug-likeness (QED) is 0.582. The molecule has 0 saturated carbocycles. The third-order valence-corrected chi connectivity index (χ3v) is 4.62. The van der Waals surface area contributed by atoms with E-state index in [1.165, 1.54) is 11.1 Å². The Morgan fingerprint density at radius 1 is 1.05 bits per heavy atom. The summed E-state index contributed by atoms with van der Waals surface area (Å²) in [4.78, 5) is 17.0. The van der Waals surface area contributed by atoms with Crippen LogP contribution in [-0.2, 0) is 6.42 Å². The molecule has 0 amide bonds. The van der Waals surface area contributed by atoms with Crippen LogP contribution in [0.3, 0.4) is 0 Å². The lowest BCUT2D eigenvalue weighted by molar-refractivity contribution is 0.733. The zero-order chi connectivity index (χ0) is 14.5. The lowest BCUT2D eigenvalue weighted by Gasteiger charge is -2.09. The highest BCUT2D eigenvalue weighted by molar-refractivity contribution is 6.04. The fraction of sp³-hybridized carbons (Fsp3) is 0.167. The number of fused-ring (bicyclic) bond motifs is 4. The Bertz CT molecular complexity index is 1000. The molecule has 1 aliphatic rings. The fourth-order valence-corrected chi connectivity index (χ4v) is 3.54. The van der Waals surface area contributed by atoms with E-state index in [4.69, 9.17) is 4.98 Å². The number of pyridine rings is 1. The maximum Gasteiger partial charge on any atom is 0.142 e. The van der Waals surface area contributed by atoms with Crippen LogP contribution in [0.15, 0.2) is 48.9 Å². The molecule has 0 bridgehead atoms. The van der Waals surface area contributed by atoms with Crippen LogP contribution < -0.4 is 0 Å². The number of aromatic amines is 1. The van der Waals surface area contributed by atoms with Crippen LogP contribution in [0, 0.1) is 0 Å². The van der Waals surface area contributed by atoms with E-state index in [0.717, 1.165) is 40.6 Å². The van der Waals surface area contributed by atoms with Gasteiger partial charge < -0.3 is 4.98 Å². The molecule has 0 radical (unpaired) electrons. The van der Waals surface area contributed by atoms with Crippen LogP contribution in [0.5, 0.6) is 0 Å². The van der Waals surface area contributed by atoms with Crippen molar-refractivity contribution in [3.63, 3.8) is 0 Å². The summed E-state index contributed by atoms with van der Waals surface area (Å²) in [6, 6.07) is 10.6. The van der Waals surface area contributed by atoms with Gasteiger partial charge in [0.1, 0.15) is 11.5 Å². The molecule has 0 aliphatic heterocycles. The summed E-state index contributed by atoms with van der Waals surface area (Å²) in [5, 5.41) is 2.19. The standard InChI is InChI=1S/C18H14N4/c1-2-4-12-11(3-1)5-6-14(12)17-20-9-15-13-7-8-19-10-16(13)21-18(15)22-17/h1-4,7-10,14H,5-6H2,(H,20,21,22). The molecule has 0 saturated heterocycles. The van der Waals surface area contributed by atoms with E-state index in [1.54, 1.807) is 6.20 Å². The van der Waals surface area contributed by atoms with Gasteiger partial charge in [0.25, 0.3) is 0 Å². The first-order chi connectivity index (χ1) is 10.9. The number of benzene rings is 1. The number of H-pyrrole nitrogens is 1. The number of nitrogens with zero attached hydrogens (tertiary/aromatic N) is 3. The summed E-state index contributed by atoms with van der Waals surface area (Å²) in [6.07, 6.45) is 7.78. The van der Waals surface area contributed by atoms with Crippen LogP contribution in [0.4, 0.5) is 0 Å². The summed E-state index contributed by atoms with van der Waals surface area (Å²) in [5.74, 6) is 1.22. The predicted octanol–water partition coefficient (Wildman–Crippen LogP) is 3.58. The van der Waals surface area contributed by atoms with E-state index in [2.05, 4.69) is 39.2 Å². The highest BCUT2D eigenvalue weighted by atomic mass is 15.0. The lowest BCUT2D eigenvalue weighted by atomic mass is 10.0. The van der Waals surface area contributed by atoms with Crippen molar-refractivity contribution in [3.05, 3.63) is 65.9 Å². The van der Waals surface area contributed by atoms with Gasteiger partial charge in [0, 0.05) is 29.1 Å². The number of nitrogens with one attached hydrogen (secondary N) is 1. The van der Waals surface area contributed by atoms with E-state index < -0.39 is 0 Å². The van der Waals surface area contributed by atoms with E-state index in [0.29, 0.717) is 5.92 Å². The van der Waals surface area contributed by atoms with Crippen molar-refractivity contribution < 1.29 is 0 Å². The molecule has 4 heteroatoms. The van der Waals surface area contributed by atoms with Gasteiger partial charge in [-0.05, 0) is 30.0 Å². The zero-order valence-electron chi connectivity index (χ0n) is 12.0.